The summed E-state index contributed by atoms with van der Waals surface area (Å²) in [5.41, 5.74) is 0. The Morgan fingerprint density at radius 2 is 2.45 bits per heavy atom. The quantitative estimate of drug-likeness (QED) is 0.457. The number of guanidine groups is 1. The molecule has 0 amide bonds. The van der Waals surface area contributed by atoms with Gasteiger partial charge in [0.25, 0.3) is 0 Å². The molecule has 0 spiro atoms. The van der Waals surface area contributed by atoms with Crippen LogP contribution in [-0.2, 0) is 0 Å². The van der Waals surface area contributed by atoms with Crippen LogP contribution < -0.4 is 5.32 Å². The summed E-state index contributed by atoms with van der Waals surface area (Å²) in [6.45, 7) is 7.51. The molecule has 0 radical (unpaired) electrons. The Labute approximate surface area is 142 Å². The summed E-state index contributed by atoms with van der Waals surface area (Å²) in [7, 11) is 0. The summed E-state index contributed by atoms with van der Waals surface area (Å²) >= 11 is 1.79. The van der Waals surface area contributed by atoms with Crippen LogP contribution in [0.4, 0.5) is 0 Å². The molecule has 0 aliphatic carbocycles. The summed E-state index contributed by atoms with van der Waals surface area (Å²) in [6.07, 6.45) is 0.629. The molecule has 2 N–H and O–H groups in total. The van der Waals surface area contributed by atoms with Crippen molar-refractivity contribution in [3.05, 3.63) is 22.4 Å². The second kappa shape index (κ2) is 8.84. The first-order valence-corrected chi connectivity index (χ1v) is 7.83. The third kappa shape index (κ3) is 4.89. The van der Waals surface area contributed by atoms with Gasteiger partial charge >= 0.3 is 0 Å². The van der Waals surface area contributed by atoms with Crippen LogP contribution in [0.3, 0.4) is 0 Å². The van der Waals surface area contributed by atoms with Gasteiger partial charge in [0.05, 0.1) is 12.6 Å². The number of likely N-dealkylation sites (tertiary alicyclic amines) is 1. The first-order valence-electron chi connectivity index (χ1n) is 6.95. The Balaban J connectivity index is 0.00000200. The zero-order valence-electron chi connectivity index (χ0n) is 12.1. The monoisotopic (exact) mass is 409 g/mol. The Kier molecular flexibility index (Phi) is 7.83. The molecule has 1 aromatic rings. The maximum atomic E-state index is 9.62. The van der Waals surface area contributed by atoms with E-state index in [0.29, 0.717) is 12.5 Å². The minimum atomic E-state index is -0.210. The summed E-state index contributed by atoms with van der Waals surface area (Å²) in [4.78, 5) is 8.24. The van der Waals surface area contributed by atoms with Crippen LogP contribution in [0.5, 0.6) is 0 Å². The van der Waals surface area contributed by atoms with E-state index in [1.54, 1.807) is 11.3 Å². The lowest BCUT2D eigenvalue weighted by Gasteiger charge is -2.21. The van der Waals surface area contributed by atoms with Gasteiger partial charge in [0.2, 0.25) is 0 Å². The number of aliphatic hydroxyl groups excluding tert-OH is 1. The molecule has 2 rings (SSSR count). The summed E-state index contributed by atoms with van der Waals surface area (Å²) in [6, 6.07) is 4.25. The molecule has 0 saturated carbocycles. The zero-order valence-corrected chi connectivity index (χ0v) is 15.2. The van der Waals surface area contributed by atoms with Gasteiger partial charge in [-0.15, -0.1) is 35.3 Å². The van der Waals surface area contributed by atoms with Crippen molar-refractivity contribution in [2.24, 2.45) is 4.99 Å². The molecule has 2 heterocycles. The van der Waals surface area contributed by atoms with Gasteiger partial charge in [-0.3, -0.25) is 4.99 Å². The smallest absolute Gasteiger partial charge is 0.194 e. The number of β-amino-alcohol motifs (C(OH)–C–C–N with tert-alkyl or cyclic N) is 1. The van der Waals surface area contributed by atoms with Crippen LogP contribution in [0.25, 0.3) is 0 Å². The molecule has 1 aromatic heterocycles. The van der Waals surface area contributed by atoms with Crippen molar-refractivity contribution < 1.29 is 5.11 Å². The topological polar surface area (TPSA) is 47.9 Å². The van der Waals surface area contributed by atoms with Crippen LogP contribution in [0.1, 0.15) is 31.1 Å². The lowest BCUT2D eigenvalue weighted by molar-refractivity contribution is 0.188. The molecule has 114 valence electrons. The number of thiophene rings is 1. The maximum absolute atomic E-state index is 9.62. The number of rotatable bonds is 4. The molecule has 6 heteroatoms. The van der Waals surface area contributed by atoms with Gasteiger partial charge in [-0.2, -0.15) is 0 Å². The molecule has 1 saturated heterocycles. The van der Waals surface area contributed by atoms with Gasteiger partial charge in [-0.1, -0.05) is 13.0 Å². The van der Waals surface area contributed by atoms with E-state index >= 15 is 0 Å². The number of nitrogens with zero attached hydrogens (tertiary/aromatic N) is 2. The van der Waals surface area contributed by atoms with Gasteiger partial charge in [0.15, 0.2) is 5.96 Å². The standard InChI is InChI=1S/C14H23N3OS.HI/c1-3-15-14(17-7-6-12(18)10-17)16-9-11(2)13-5-4-8-19-13;/h4-5,8,11-12,18H,3,6-7,9-10H2,1-2H3,(H,15,16);1H/t11?,12-;/m1./s1. The number of hydrogen-bond donors (Lipinski definition) is 2. The van der Waals surface area contributed by atoms with Crippen LogP contribution in [0, 0.1) is 0 Å². The van der Waals surface area contributed by atoms with E-state index in [2.05, 4.69) is 41.6 Å². The van der Waals surface area contributed by atoms with E-state index < -0.39 is 0 Å². The molecule has 1 aliphatic heterocycles. The molecule has 0 bridgehead atoms. The van der Waals surface area contributed by atoms with Gasteiger partial charge in [-0.05, 0) is 24.8 Å². The second-order valence-corrected chi connectivity index (χ2v) is 5.98. The molecule has 1 unspecified atom stereocenters. The SMILES string of the molecule is CCNC(=NCC(C)c1cccs1)N1CC[C@@H](O)C1.I. The van der Waals surface area contributed by atoms with E-state index in [1.165, 1.54) is 4.88 Å². The Hall–Kier alpha value is -0.340. The van der Waals surface area contributed by atoms with E-state index in [-0.39, 0.29) is 30.1 Å². The van der Waals surface area contributed by atoms with E-state index in [9.17, 15) is 5.11 Å². The zero-order chi connectivity index (χ0) is 13.7. The van der Waals surface area contributed by atoms with Crippen molar-refractivity contribution in [1.29, 1.82) is 0 Å². The fraction of sp³-hybridized carbons (Fsp3) is 0.643. The van der Waals surface area contributed by atoms with Crippen molar-refractivity contribution in [1.82, 2.24) is 10.2 Å². The maximum Gasteiger partial charge on any atom is 0.194 e. The molecule has 2 atom stereocenters. The average molecular weight is 409 g/mol. The number of nitrogens with one attached hydrogen (secondary N) is 1. The van der Waals surface area contributed by atoms with Crippen LogP contribution in [0.15, 0.2) is 22.5 Å². The predicted octanol–water partition coefficient (Wildman–Crippen LogP) is 2.50. The van der Waals surface area contributed by atoms with Gasteiger partial charge in [0.1, 0.15) is 0 Å². The Morgan fingerprint density at radius 1 is 1.65 bits per heavy atom. The molecule has 4 nitrogen and oxygen atoms in total. The molecule has 20 heavy (non-hydrogen) atoms. The molecular weight excluding hydrogens is 385 g/mol. The van der Waals surface area contributed by atoms with E-state index in [1.807, 2.05) is 0 Å². The number of hydrogen-bond acceptors (Lipinski definition) is 3. The highest BCUT2D eigenvalue weighted by Crippen LogP contribution is 2.21. The minimum absolute atomic E-state index is 0. The van der Waals surface area contributed by atoms with Gasteiger partial charge in [0, 0.05) is 30.4 Å². The number of aliphatic hydroxyl groups is 1. The van der Waals surface area contributed by atoms with E-state index in [4.69, 9.17) is 4.99 Å². The lowest BCUT2D eigenvalue weighted by atomic mass is 10.1. The Morgan fingerprint density at radius 3 is 3.00 bits per heavy atom. The van der Waals surface area contributed by atoms with Crippen molar-refractivity contribution >= 4 is 41.3 Å². The predicted molar refractivity (Wildman–Crippen MR) is 96.3 cm³/mol. The first kappa shape index (κ1) is 17.7. The normalized spacial score (nSPS) is 20.6. The third-order valence-electron chi connectivity index (χ3n) is 3.34. The molecule has 1 aliphatic rings. The molecular formula is C14H24IN3OS. The average Bonchev–Trinajstić information content (AvgIpc) is 3.05. The Bertz CT molecular complexity index is 411. The van der Waals surface area contributed by atoms with Crippen LogP contribution in [0.2, 0.25) is 0 Å². The fourth-order valence-corrected chi connectivity index (χ4v) is 3.02. The largest absolute Gasteiger partial charge is 0.391 e. The highest BCUT2D eigenvalue weighted by molar-refractivity contribution is 14.0. The molecule has 0 aromatic carbocycles. The highest BCUT2D eigenvalue weighted by atomic mass is 127. The lowest BCUT2D eigenvalue weighted by Crippen LogP contribution is -2.40. The fourth-order valence-electron chi connectivity index (χ4n) is 2.25. The van der Waals surface area contributed by atoms with Gasteiger partial charge < -0.3 is 15.3 Å². The third-order valence-corrected chi connectivity index (χ3v) is 4.45. The first-order chi connectivity index (χ1) is 9.20. The van der Waals surface area contributed by atoms with Gasteiger partial charge in [-0.25, -0.2) is 0 Å². The van der Waals surface area contributed by atoms with Crippen molar-refractivity contribution in [2.75, 3.05) is 26.2 Å². The van der Waals surface area contributed by atoms with Crippen molar-refractivity contribution in [2.45, 2.75) is 32.3 Å². The highest BCUT2D eigenvalue weighted by Gasteiger charge is 2.22. The van der Waals surface area contributed by atoms with Crippen molar-refractivity contribution in [3.8, 4) is 0 Å². The summed E-state index contributed by atoms with van der Waals surface area (Å²) < 4.78 is 0. The minimum Gasteiger partial charge on any atom is -0.391 e. The van der Waals surface area contributed by atoms with E-state index in [0.717, 1.165) is 32.0 Å². The number of halogens is 1. The summed E-state index contributed by atoms with van der Waals surface area (Å²) in [5.74, 6) is 1.38. The second-order valence-electron chi connectivity index (χ2n) is 5.00. The van der Waals surface area contributed by atoms with Crippen LogP contribution >= 0.6 is 35.3 Å². The van der Waals surface area contributed by atoms with Crippen molar-refractivity contribution in [3.63, 3.8) is 0 Å². The number of aliphatic imine (C=N–C) groups is 1. The van der Waals surface area contributed by atoms with Crippen LogP contribution in [-0.4, -0.2) is 48.2 Å². The molecule has 1 fully saturated rings. The summed E-state index contributed by atoms with van der Waals surface area (Å²) in [5, 5.41) is 15.0.